The van der Waals surface area contributed by atoms with Gasteiger partial charge in [-0.15, -0.1) is 0 Å². The molecule has 0 aromatic heterocycles. The number of carbonyl (C=O) groups is 1. The smallest absolute Gasteiger partial charge is 0.323 e. The summed E-state index contributed by atoms with van der Waals surface area (Å²) in [5.74, 6) is 0.907. The summed E-state index contributed by atoms with van der Waals surface area (Å²) < 4.78 is 11.1. The van der Waals surface area contributed by atoms with E-state index in [4.69, 9.17) is 9.47 Å². The van der Waals surface area contributed by atoms with Gasteiger partial charge in [0.15, 0.2) is 0 Å². The summed E-state index contributed by atoms with van der Waals surface area (Å²) >= 11 is 0. The third-order valence-corrected chi connectivity index (χ3v) is 4.07. The monoisotopic (exact) mass is 275 g/mol. The molecule has 1 aromatic carbocycles. The van der Waals surface area contributed by atoms with Crippen molar-refractivity contribution in [2.75, 3.05) is 19.7 Å². The molecule has 0 N–H and O–H groups in total. The molecule has 0 amide bonds. The van der Waals surface area contributed by atoms with Crippen LogP contribution in [0.15, 0.2) is 24.3 Å². The zero-order chi connectivity index (χ0) is 13.9. The summed E-state index contributed by atoms with van der Waals surface area (Å²) in [6.45, 7) is 4.07. The largest absolute Gasteiger partial charge is 0.488 e. The average Bonchev–Trinajstić information content (AvgIpc) is 3.05. The Hall–Kier alpha value is -1.55. The van der Waals surface area contributed by atoms with Crippen molar-refractivity contribution in [1.82, 2.24) is 4.90 Å². The number of ether oxygens (including phenoxy) is 2. The summed E-state index contributed by atoms with van der Waals surface area (Å²) in [6, 6.07) is 8.09. The van der Waals surface area contributed by atoms with Crippen molar-refractivity contribution in [3.63, 3.8) is 0 Å². The van der Waals surface area contributed by atoms with Crippen LogP contribution in [0.4, 0.5) is 0 Å². The minimum Gasteiger partial charge on any atom is -0.488 e. The predicted molar refractivity (Wildman–Crippen MR) is 75.8 cm³/mol. The van der Waals surface area contributed by atoms with E-state index in [2.05, 4.69) is 11.0 Å². The standard InChI is InChI=1S/C16H21NO3/c1-2-19-16(18)14-7-5-9-17(14)11-13-10-12-6-3-4-8-15(12)20-13/h3-4,6,8,13-14H,2,5,7,9-11H2,1H3. The molecule has 1 fully saturated rings. The Bertz CT molecular complexity index is 463. The molecule has 1 saturated heterocycles. The molecule has 0 spiro atoms. The molecule has 0 aliphatic carbocycles. The fourth-order valence-electron chi connectivity index (χ4n) is 3.17. The summed E-state index contributed by atoms with van der Waals surface area (Å²) in [4.78, 5) is 14.2. The highest BCUT2D eigenvalue weighted by molar-refractivity contribution is 5.76. The van der Waals surface area contributed by atoms with Crippen LogP contribution in [0.2, 0.25) is 0 Å². The number of nitrogens with zero attached hydrogens (tertiary/aromatic N) is 1. The SMILES string of the molecule is CCOC(=O)C1CCCN1CC1Cc2ccccc2O1. The Morgan fingerprint density at radius 2 is 2.30 bits per heavy atom. The van der Waals surface area contributed by atoms with E-state index in [0.717, 1.165) is 38.1 Å². The fraction of sp³-hybridized carbons (Fsp3) is 0.562. The van der Waals surface area contributed by atoms with Gasteiger partial charge in [0.25, 0.3) is 0 Å². The molecule has 4 nitrogen and oxygen atoms in total. The molecule has 0 bridgehead atoms. The van der Waals surface area contributed by atoms with Crippen LogP contribution in [-0.4, -0.2) is 42.7 Å². The van der Waals surface area contributed by atoms with Crippen molar-refractivity contribution in [3.8, 4) is 5.75 Å². The minimum absolute atomic E-state index is 0.0812. The van der Waals surface area contributed by atoms with E-state index in [9.17, 15) is 4.79 Å². The molecule has 1 aromatic rings. The van der Waals surface area contributed by atoms with E-state index in [-0.39, 0.29) is 18.1 Å². The van der Waals surface area contributed by atoms with Crippen LogP contribution in [0.3, 0.4) is 0 Å². The van der Waals surface area contributed by atoms with Crippen molar-refractivity contribution in [1.29, 1.82) is 0 Å². The lowest BCUT2D eigenvalue weighted by atomic mass is 10.1. The molecule has 4 heteroatoms. The van der Waals surface area contributed by atoms with Gasteiger partial charge in [0, 0.05) is 13.0 Å². The van der Waals surface area contributed by atoms with Crippen molar-refractivity contribution >= 4 is 5.97 Å². The van der Waals surface area contributed by atoms with E-state index in [1.807, 2.05) is 25.1 Å². The molecule has 3 rings (SSSR count). The molecule has 0 saturated carbocycles. The maximum absolute atomic E-state index is 11.9. The first kappa shape index (κ1) is 13.4. The fourth-order valence-corrected chi connectivity index (χ4v) is 3.17. The van der Waals surface area contributed by atoms with Gasteiger partial charge in [-0.25, -0.2) is 0 Å². The summed E-state index contributed by atoms with van der Waals surface area (Å²) in [7, 11) is 0. The van der Waals surface area contributed by atoms with Gasteiger partial charge in [-0.3, -0.25) is 9.69 Å². The van der Waals surface area contributed by atoms with Crippen LogP contribution in [0, 0.1) is 0 Å². The van der Waals surface area contributed by atoms with Gasteiger partial charge in [-0.1, -0.05) is 18.2 Å². The molecule has 2 heterocycles. The Balaban J connectivity index is 1.60. The summed E-state index contributed by atoms with van der Waals surface area (Å²) in [5, 5.41) is 0. The van der Waals surface area contributed by atoms with Crippen molar-refractivity contribution < 1.29 is 14.3 Å². The van der Waals surface area contributed by atoms with Gasteiger partial charge < -0.3 is 9.47 Å². The second-order valence-electron chi connectivity index (χ2n) is 5.46. The topological polar surface area (TPSA) is 38.8 Å². The highest BCUT2D eigenvalue weighted by Crippen LogP contribution is 2.30. The van der Waals surface area contributed by atoms with Crippen LogP contribution in [0.5, 0.6) is 5.75 Å². The number of carbonyl (C=O) groups excluding carboxylic acids is 1. The highest BCUT2D eigenvalue weighted by atomic mass is 16.5. The number of benzene rings is 1. The van der Waals surface area contributed by atoms with Gasteiger partial charge in [-0.2, -0.15) is 0 Å². The zero-order valence-electron chi connectivity index (χ0n) is 11.9. The number of fused-ring (bicyclic) bond motifs is 1. The lowest BCUT2D eigenvalue weighted by Crippen LogP contribution is -2.42. The number of rotatable bonds is 4. The van der Waals surface area contributed by atoms with E-state index in [0.29, 0.717) is 6.61 Å². The molecule has 108 valence electrons. The number of hydrogen-bond acceptors (Lipinski definition) is 4. The lowest BCUT2D eigenvalue weighted by Gasteiger charge is -2.25. The highest BCUT2D eigenvalue weighted by Gasteiger charge is 2.35. The molecule has 2 unspecified atom stereocenters. The normalized spacial score (nSPS) is 25.2. The van der Waals surface area contributed by atoms with E-state index < -0.39 is 0 Å². The summed E-state index contributed by atoms with van der Waals surface area (Å²) in [6.07, 6.45) is 3.05. The molecule has 2 aliphatic rings. The van der Waals surface area contributed by atoms with Crippen LogP contribution in [0.25, 0.3) is 0 Å². The second-order valence-corrected chi connectivity index (χ2v) is 5.46. The van der Waals surface area contributed by atoms with Gasteiger partial charge in [0.2, 0.25) is 0 Å². The lowest BCUT2D eigenvalue weighted by molar-refractivity contribution is -0.148. The maximum Gasteiger partial charge on any atom is 0.323 e. The van der Waals surface area contributed by atoms with Crippen LogP contribution < -0.4 is 4.74 Å². The third kappa shape index (κ3) is 2.66. The molecule has 20 heavy (non-hydrogen) atoms. The number of hydrogen-bond donors (Lipinski definition) is 0. The minimum atomic E-state index is -0.0829. The molecule has 2 aliphatic heterocycles. The predicted octanol–water partition coefficient (Wildman–Crippen LogP) is 2.02. The average molecular weight is 275 g/mol. The zero-order valence-corrected chi connectivity index (χ0v) is 11.9. The third-order valence-electron chi connectivity index (χ3n) is 4.07. The van der Waals surface area contributed by atoms with Gasteiger partial charge in [-0.05, 0) is 37.9 Å². The number of para-hydroxylation sites is 1. The van der Waals surface area contributed by atoms with Gasteiger partial charge in [0.1, 0.15) is 17.9 Å². The van der Waals surface area contributed by atoms with Crippen molar-refractivity contribution in [3.05, 3.63) is 29.8 Å². The molecule has 2 atom stereocenters. The van der Waals surface area contributed by atoms with Crippen molar-refractivity contribution in [2.45, 2.75) is 38.3 Å². The Morgan fingerprint density at radius 1 is 1.45 bits per heavy atom. The van der Waals surface area contributed by atoms with Crippen molar-refractivity contribution in [2.24, 2.45) is 0 Å². The molecule has 0 radical (unpaired) electrons. The quantitative estimate of drug-likeness (QED) is 0.788. The first-order valence-corrected chi connectivity index (χ1v) is 7.43. The maximum atomic E-state index is 11.9. The Kier molecular flexibility index (Phi) is 3.92. The first-order chi connectivity index (χ1) is 9.78. The van der Waals surface area contributed by atoms with E-state index in [1.54, 1.807) is 0 Å². The second kappa shape index (κ2) is 5.83. The Morgan fingerprint density at radius 3 is 3.10 bits per heavy atom. The van der Waals surface area contributed by atoms with Gasteiger partial charge >= 0.3 is 5.97 Å². The van der Waals surface area contributed by atoms with Crippen LogP contribution >= 0.6 is 0 Å². The van der Waals surface area contributed by atoms with Crippen LogP contribution in [-0.2, 0) is 16.0 Å². The Labute approximate surface area is 119 Å². The van der Waals surface area contributed by atoms with Gasteiger partial charge in [0.05, 0.1) is 6.61 Å². The first-order valence-electron chi connectivity index (χ1n) is 7.43. The van der Waals surface area contributed by atoms with E-state index >= 15 is 0 Å². The number of esters is 1. The molecular formula is C16H21NO3. The van der Waals surface area contributed by atoms with Crippen LogP contribution in [0.1, 0.15) is 25.3 Å². The molecular weight excluding hydrogens is 254 g/mol. The summed E-state index contributed by atoms with van der Waals surface area (Å²) in [5.41, 5.74) is 1.27. The number of likely N-dealkylation sites (tertiary alicyclic amines) is 1. The van der Waals surface area contributed by atoms with E-state index in [1.165, 1.54) is 5.56 Å².